The molecule has 7 heteroatoms. The van der Waals surface area contributed by atoms with Crippen molar-refractivity contribution in [3.05, 3.63) is 22.5 Å². The molecule has 26 heavy (non-hydrogen) atoms. The zero-order valence-corrected chi connectivity index (χ0v) is 15.8. The lowest BCUT2D eigenvalue weighted by atomic mass is 9.77. The van der Waals surface area contributed by atoms with E-state index in [9.17, 15) is 14.4 Å². The SMILES string of the molecule is Cc1[nH]c(C(=O)N2CCC3(CCOC3=O)CC2)c(C)c1C(=O)OC(C)C. The van der Waals surface area contributed by atoms with Gasteiger partial charge in [0.25, 0.3) is 5.91 Å². The van der Waals surface area contributed by atoms with Gasteiger partial charge in [0.1, 0.15) is 5.69 Å². The Balaban J connectivity index is 1.75. The van der Waals surface area contributed by atoms with E-state index < -0.39 is 11.4 Å². The van der Waals surface area contributed by atoms with Gasteiger partial charge in [0.15, 0.2) is 0 Å². The molecule has 0 saturated carbocycles. The fourth-order valence-corrected chi connectivity index (χ4v) is 3.89. The number of hydrogen-bond donors (Lipinski definition) is 1. The monoisotopic (exact) mass is 362 g/mol. The fourth-order valence-electron chi connectivity index (χ4n) is 3.89. The number of H-pyrrole nitrogens is 1. The van der Waals surface area contributed by atoms with Crippen molar-refractivity contribution in [1.29, 1.82) is 0 Å². The highest BCUT2D eigenvalue weighted by atomic mass is 16.5. The number of nitrogens with zero attached hydrogens (tertiary/aromatic N) is 1. The first-order valence-corrected chi connectivity index (χ1v) is 9.12. The number of hydrogen-bond acceptors (Lipinski definition) is 5. The third kappa shape index (κ3) is 3.10. The molecule has 1 aromatic heterocycles. The van der Waals surface area contributed by atoms with Crippen molar-refractivity contribution in [2.75, 3.05) is 19.7 Å². The first-order chi connectivity index (χ1) is 12.2. The van der Waals surface area contributed by atoms with E-state index in [4.69, 9.17) is 9.47 Å². The van der Waals surface area contributed by atoms with Crippen molar-refractivity contribution < 1.29 is 23.9 Å². The van der Waals surface area contributed by atoms with Crippen molar-refractivity contribution in [3.63, 3.8) is 0 Å². The standard InChI is InChI=1S/C19H26N2O5/c1-11(2)26-17(23)14-12(3)15(20-13(14)4)16(22)21-8-5-19(6-9-21)7-10-25-18(19)24/h11,20H,5-10H2,1-4H3. The van der Waals surface area contributed by atoms with Gasteiger partial charge in [-0.25, -0.2) is 4.79 Å². The van der Waals surface area contributed by atoms with Crippen molar-refractivity contribution in [3.8, 4) is 0 Å². The molecular formula is C19H26N2O5. The topological polar surface area (TPSA) is 88.7 Å². The smallest absolute Gasteiger partial charge is 0.340 e. The summed E-state index contributed by atoms with van der Waals surface area (Å²) in [6.45, 7) is 8.60. The second kappa shape index (κ2) is 6.78. The molecule has 2 saturated heterocycles. The van der Waals surface area contributed by atoms with E-state index >= 15 is 0 Å². The predicted molar refractivity (Wildman–Crippen MR) is 94.0 cm³/mol. The van der Waals surface area contributed by atoms with Crippen molar-refractivity contribution in [1.82, 2.24) is 9.88 Å². The number of piperidine rings is 1. The predicted octanol–water partition coefficient (Wildman–Crippen LogP) is 2.37. The second-order valence-electron chi connectivity index (χ2n) is 7.54. The number of esters is 2. The van der Waals surface area contributed by atoms with Gasteiger partial charge in [-0.15, -0.1) is 0 Å². The first-order valence-electron chi connectivity index (χ1n) is 9.12. The molecule has 2 fully saturated rings. The molecule has 2 aliphatic rings. The number of likely N-dealkylation sites (tertiary alicyclic amines) is 1. The van der Waals surface area contributed by atoms with Gasteiger partial charge in [-0.3, -0.25) is 9.59 Å². The van der Waals surface area contributed by atoms with E-state index in [1.165, 1.54) is 0 Å². The van der Waals surface area contributed by atoms with Gasteiger partial charge in [0.2, 0.25) is 0 Å². The van der Waals surface area contributed by atoms with Crippen LogP contribution in [0.5, 0.6) is 0 Å². The minimum atomic E-state index is -0.420. The van der Waals surface area contributed by atoms with Gasteiger partial charge in [-0.2, -0.15) is 0 Å². The second-order valence-corrected chi connectivity index (χ2v) is 7.54. The Bertz CT molecular complexity index is 741. The van der Waals surface area contributed by atoms with E-state index in [0.717, 1.165) is 6.42 Å². The molecule has 2 aliphatic heterocycles. The number of aryl methyl sites for hydroxylation is 1. The maximum absolute atomic E-state index is 12.9. The third-order valence-electron chi connectivity index (χ3n) is 5.45. The number of rotatable bonds is 3. The van der Waals surface area contributed by atoms with Crippen LogP contribution in [0, 0.1) is 19.3 Å². The largest absolute Gasteiger partial charge is 0.465 e. The van der Waals surface area contributed by atoms with Crippen LogP contribution in [0.25, 0.3) is 0 Å². The Hall–Kier alpha value is -2.31. The maximum atomic E-state index is 12.9. The summed E-state index contributed by atoms with van der Waals surface area (Å²) < 4.78 is 10.4. The van der Waals surface area contributed by atoms with Crippen LogP contribution < -0.4 is 0 Å². The van der Waals surface area contributed by atoms with E-state index in [1.54, 1.807) is 32.6 Å². The van der Waals surface area contributed by atoms with Crippen LogP contribution >= 0.6 is 0 Å². The molecule has 0 bridgehead atoms. The molecule has 0 radical (unpaired) electrons. The summed E-state index contributed by atoms with van der Waals surface area (Å²) in [5.41, 5.74) is 1.67. The quantitative estimate of drug-likeness (QED) is 0.834. The molecule has 1 amide bonds. The number of ether oxygens (including phenoxy) is 2. The Kier molecular flexibility index (Phi) is 4.82. The molecule has 1 aromatic rings. The summed E-state index contributed by atoms with van der Waals surface area (Å²) in [5.74, 6) is -0.692. The molecule has 7 nitrogen and oxygen atoms in total. The van der Waals surface area contributed by atoms with Gasteiger partial charge in [-0.1, -0.05) is 0 Å². The van der Waals surface area contributed by atoms with E-state index in [0.29, 0.717) is 55.1 Å². The minimum Gasteiger partial charge on any atom is -0.465 e. The van der Waals surface area contributed by atoms with Crippen molar-refractivity contribution in [2.24, 2.45) is 5.41 Å². The van der Waals surface area contributed by atoms with Crippen LogP contribution in [0.15, 0.2) is 0 Å². The summed E-state index contributed by atoms with van der Waals surface area (Å²) in [6, 6.07) is 0. The maximum Gasteiger partial charge on any atom is 0.340 e. The Labute approximate surface area is 153 Å². The van der Waals surface area contributed by atoms with Gasteiger partial charge >= 0.3 is 11.9 Å². The van der Waals surface area contributed by atoms with Crippen molar-refractivity contribution >= 4 is 17.8 Å². The molecule has 0 aromatic carbocycles. The highest BCUT2D eigenvalue weighted by Crippen LogP contribution is 2.40. The normalized spacial score (nSPS) is 19.1. The molecule has 0 aliphatic carbocycles. The van der Waals surface area contributed by atoms with Crippen LogP contribution in [0.4, 0.5) is 0 Å². The number of carbonyl (C=O) groups is 3. The van der Waals surface area contributed by atoms with E-state index in [1.807, 2.05) is 0 Å². The van der Waals surface area contributed by atoms with Crippen LogP contribution in [-0.4, -0.2) is 53.5 Å². The molecule has 1 spiro atoms. The summed E-state index contributed by atoms with van der Waals surface area (Å²) in [6.07, 6.45) is 1.76. The van der Waals surface area contributed by atoms with Crippen LogP contribution in [0.2, 0.25) is 0 Å². The minimum absolute atomic E-state index is 0.129. The van der Waals surface area contributed by atoms with Gasteiger partial charge in [0.05, 0.1) is 23.7 Å². The van der Waals surface area contributed by atoms with Crippen LogP contribution in [0.1, 0.15) is 65.2 Å². The highest BCUT2D eigenvalue weighted by Gasteiger charge is 2.47. The number of carbonyl (C=O) groups excluding carboxylic acids is 3. The lowest BCUT2D eigenvalue weighted by Gasteiger charge is -2.36. The molecule has 3 rings (SSSR count). The number of nitrogens with one attached hydrogen (secondary N) is 1. The highest BCUT2D eigenvalue weighted by molar-refractivity contribution is 6.00. The summed E-state index contributed by atoms with van der Waals surface area (Å²) in [4.78, 5) is 42.0. The third-order valence-corrected chi connectivity index (χ3v) is 5.45. The lowest BCUT2D eigenvalue weighted by molar-refractivity contribution is -0.148. The average molecular weight is 362 g/mol. The van der Waals surface area contributed by atoms with Crippen LogP contribution in [-0.2, 0) is 14.3 Å². The first kappa shape index (κ1) is 18.5. The molecule has 0 atom stereocenters. The summed E-state index contributed by atoms with van der Waals surface area (Å²) in [5, 5.41) is 0. The number of aromatic nitrogens is 1. The average Bonchev–Trinajstić information content (AvgIpc) is 3.07. The number of cyclic esters (lactones) is 1. The molecule has 3 heterocycles. The molecule has 0 unspecified atom stereocenters. The zero-order chi connectivity index (χ0) is 19.1. The molecule has 1 N–H and O–H groups in total. The fraction of sp³-hybridized carbons (Fsp3) is 0.632. The molecule has 142 valence electrons. The van der Waals surface area contributed by atoms with Gasteiger partial charge in [-0.05, 0) is 52.5 Å². The summed E-state index contributed by atoms with van der Waals surface area (Å²) >= 11 is 0. The summed E-state index contributed by atoms with van der Waals surface area (Å²) in [7, 11) is 0. The van der Waals surface area contributed by atoms with E-state index in [2.05, 4.69) is 4.98 Å². The Morgan fingerprint density at radius 3 is 2.38 bits per heavy atom. The number of aromatic amines is 1. The zero-order valence-electron chi connectivity index (χ0n) is 15.8. The molecular weight excluding hydrogens is 336 g/mol. The Morgan fingerprint density at radius 1 is 1.19 bits per heavy atom. The van der Waals surface area contributed by atoms with Gasteiger partial charge < -0.3 is 19.4 Å². The Morgan fingerprint density at radius 2 is 1.85 bits per heavy atom. The number of amides is 1. The van der Waals surface area contributed by atoms with E-state index in [-0.39, 0.29) is 18.0 Å². The van der Waals surface area contributed by atoms with Gasteiger partial charge in [0, 0.05) is 18.8 Å². The van der Waals surface area contributed by atoms with Crippen molar-refractivity contribution in [2.45, 2.75) is 53.1 Å². The van der Waals surface area contributed by atoms with Crippen LogP contribution in [0.3, 0.4) is 0 Å². The lowest BCUT2D eigenvalue weighted by Crippen LogP contribution is -2.45.